The van der Waals surface area contributed by atoms with Crippen molar-refractivity contribution in [3.05, 3.63) is 33.3 Å². The van der Waals surface area contributed by atoms with Gasteiger partial charge in [-0.25, -0.2) is 0 Å². The summed E-state index contributed by atoms with van der Waals surface area (Å²) in [5.41, 5.74) is -0.547. The van der Waals surface area contributed by atoms with Gasteiger partial charge in [-0.1, -0.05) is 15.9 Å². The van der Waals surface area contributed by atoms with Crippen LogP contribution < -0.4 is 0 Å². The van der Waals surface area contributed by atoms with Gasteiger partial charge in [0.05, 0.1) is 11.1 Å². The second kappa shape index (κ2) is 4.48. The van der Waals surface area contributed by atoms with Crippen molar-refractivity contribution in [2.75, 3.05) is 0 Å². The van der Waals surface area contributed by atoms with Gasteiger partial charge in [-0.3, -0.25) is 4.79 Å². The van der Waals surface area contributed by atoms with Gasteiger partial charge in [0.1, 0.15) is 0 Å². The number of carbonyl (C=O) groups is 1. The van der Waals surface area contributed by atoms with Crippen LogP contribution in [0.3, 0.4) is 0 Å². The Morgan fingerprint density at radius 3 is 2.55 bits per heavy atom. The van der Waals surface area contributed by atoms with Gasteiger partial charge >= 0.3 is 6.18 Å². The van der Waals surface area contributed by atoms with Gasteiger partial charge in [0.2, 0.25) is 0 Å². The molecule has 20 heavy (non-hydrogen) atoms. The van der Waals surface area contributed by atoms with Gasteiger partial charge in [-0.2, -0.15) is 13.2 Å². The number of fused-ring (bicyclic) bond motifs is 1. The maximum absolute atomic E-state index is 13.1. The first-order valence-corrected chi connectivity index (χ1v) is 7.29. The Morgan fingerprint density at radius 1 is 1.35 bits per heavy atom. The highest BCUT2D eigenvalue weighted by Gasteiger charge is 2.44. The van der Waals surface area contributed by atoms with Crippen LogP contribution in [0.25, 0.3) is 0 Å². The van der Waals surface area contributed by atoms with Crippen molar-refractivity contribution in [3.8, 4) is 0 Å². The van der Waals surface area contributed by atoms with Crippen molar-refractivity contribution in [3.63, 3.8) is 0 Å². The molecule has 1 aromatic carbocycles. The van der Waals surface area contributed by atoms with Gasteiger partial charge in [0, 0.05) is 17.1 Å². The third kappa shape index (κ3) is 2.24. The molecule has 1 heterocycles. The number of amides is 1. The number of hydrogen-bond donors (Lipinski definition) is 0. The van der Waals surface area contributed by atoms with Crippen LogP contribution in [0, 0.1) is 5.92 Å². The molecule has 1 amide bonds. The van der Waals surface area contributed by atoms with E-state index < -0.39 is 17.6 Å². The summed E-state index contributed by atoms with van der Waals surface area (Å²) < 4.78 is 39.7. The fourth-order valence-corrected chi connectivity index (χ4v) is 3.33. The molecule has 1 fully saturated rings. The minimum Gasteiger partial charge on any atom is -0.331 e. The maximum Gasteiger partial charge on any atom is 0.417 e. The first-order valence-electron chi connectivity index (χ1n) is 6.49. The van der Waals surface area contributed by atoms with E-state index in [2.05, 4.69) is 15.9 Å². The lowest BCUT2D eigenvalue weighted by molar-refractivity contribution is -0.138. The fraction of sp³-hybridized carbons (Fsp3) is 0.500. The molecule has 1 aliphatic carbocycles. The lowest BCUT2D eigenvalue weighted by Gasteiger charge is -2.24. The van der Waals surface area contributed by atoms with Crippen molar-refractivity contribution < 1.29 is 18.0 Å². The van der Waals surface area contributed by atoms with Crippen LogP contribution in [-0.2, 0) is 12.7 Å². The van der Waals surface area contributed by atoms with Crippen molar-refractivity contribution in [2.24, 2.45) is 5.92 Å². The first kappa shape index (κ1) is 13.9. The Bertz CT molecular complexity index is 581. The highest BCUT2D eigenvalue weighted by atomic mass is 79.9. The lowest BCUT2D eigenvalue weighted by atomic mass is 10.0. The monoisotopic (exact) mass is 347 g/mol. The molecule has 1 saturated carbocycles. The number of nitrogens with zero attached hydrogens (tertiary/aromatic N) is 1. The number of halogens is 4. The zero-order valence-electron chi connectivity index (χ0n) is 10.8. The largest absolute Gasteiger partial charge is 0.417 e. The molecule has 0 spiro atoms. The smallest absolute Gasteiger partial charge is 0.331 e. The fourth-order valence-electron chi connectivity index (χ4n) is 2.83. The van der Waals surface area contributed by atoms with Crippen LogP contribution in [0.4, 0.5) is 13.2 Å². The molecule has 0 aromatic heterocycles. The highest BCUT2D eigenvalue weighted by molar-refractivity contribution is 9.10. The summed E-state index contributed by atoms with van der Waals surface area (Å²) in [5.74, 6) is -0.0507. The van der Waals surface area contributed by atoms with Gasteiger partial charge < -0.3 is 4.90 Å². The van der Waals surface area contributed by atoms with Crippen LogP contribution >= 0.6 is 15.9 Å². The molecule has 1 atom stereocenters. The number of alkyl halides is 3. The van der Waals surface area contributed by atoms with Crippen LogP contribution in [0.1, 0.15) is 41.3 Å². The van der Waals surface area contributed by atoms with Crippen molar-refractivity contribution in [2.45, 2.75) is 38.5 Å². The molecule has 3 rings (SSSR count). The maximum atomic E-state index is 13.1. The van der Waals surface area contributed by atoms with Gasteiger partial charge in [-0.15, -0.1) is 0 Å². The highest BCUT2D eigenvalue weighted by Crippen LogP contribution is 2.42. The minimum absolute atomic E-state index is 0.00904. The van der Waals surface area contributed by atoms with E-state index >= 15 is 0 Å². The lowest BCUT2D eigenvalue weighted by Crippen LogP contribution is -2.35. The quantitative estimate of drug-likeness (QED) is 0.784. The zero-order valence-corrected chi connectivity index (χ0v) is 12.4. The van der Waals surface area contributed by atoms with E-state index in [1.165, 1.54) is 0 Å². The van der Waals surface area contributed by atoms with E-state index in [4.69, 9.17) is 0 Å². The third-order valence-electron chi connectivity index (χ3n) is 4.10. The molecule has 0 radical (unpaired) electrons. The van der Waals surface area contributed by atoms with Crippen LogP contribution in [0.2, 0.25) is 0 Å². The van der Waals surface area contributed by atoms with Crippen molar-refractivity contribution in [1.29, 1.82) is 0 Å². The molecule has 108 valence electrons. The van der Waals surface area contributed by atoms with E-state index in [1.807, 2.05) is 6.92 Å². The molecule has 0 saturated heterocycles. The summed E-state index contributed by atoms with van der Waals surface area (Å²) in [6.45, 7) is 2.19. The predicted molar refractivity (Wildman–Crippen MR) is 71.2 cm³/mol. The molecule has 0 N–H and O–H groups in total. The van der Waals surface area contributed by atoms with E-state index in [-0.39, 0.29) is 18.2 Å². The number of carbonyl (C=O) groups excluding carboxylic acids is 1. The van der Waals surface area contributed by atoms with Crippen LogP contribution in [0.15, 0.2) is 16.6 Å². The summed E-state index contributed by atoms with van der Waals surface area (Å²) in [6.07, 6.45) is -2.41. The molecule has 1 unspecified atom stereocenters. The second-order valence-electron chi connectivity index (χ2n) is 5.50. The Balaban J connectivity index is 2.04. The van der Waals surface area contributed by atoms with E-state index in [1.54, 1.807) is 11.0 Å². The van der Waals surface area contributed by atoms with E-state index in [0.29, 0.717) is 16.0 Å². The van der Waals surface area contributed by atoms with Crippen molar-refractivity contribution in [1.82, 2.24) is 4.90 Å². The van der Waals surface area contributed by atoms with Gasteiger partial charge in [-0.05, 0) is 43.4 Å². The molecule has 1 aromatic rings. The molecule has 2 nitrogen and oxygen atoms in total. The topological polar surface area (TPSA) is 20.3 Å². The zero-order chi connectivity index (χ0) is 14.7. The average Bonchev–Trinajstić information content (AvgIpc) is 3.12. The van der Waals surface area contributed by atoms with E-state index in [0.717, 1.165) is 18.9 Å². The summed E-state index contributed by atoms with van der Waals surface area (Å²) >= 11 is 3.10. The second-order valence-corrected chi connectivity index (χ2v) is 6.41. The Morgan fingerprint density at radius 2 is 2.00 bits per heavy atom. The van der Waals surface area contributed by atoms with Gasteiger partial charge in [0.15, 0.2) is 0 Å². The summed E-state index contributed by atoms with van der Waals surface area (Å²) in [5, 5.41) is 0. The normalized spacial score (nSPS) is 20.2. The molecule has 6 heteroatoms. The molecular formula is C14H13BrF3NO. The third-order valence-corrected chi connectivity index (χ3v) is 4.56. The summed E-state index contributed by atoms with van der Waals surface area (Å²) in [6, 6.07) is 2.61. The Hall–Kier alpha value is -1.04. The van der Waals surface area contributed by atoms with E-state index in [9.17, 15) is 18.0 Å². The van der Waals surface area contributed by atoms with Crippen LogP contribution in [0.5, 0.6) is 0 Å². The number of benzene rings is 1. The summed E-state index contributed by atoms with van der Waals surface area (Å²) in [4.78, 5) is 13.9. The SMILES string of the molecule is CC(C1CC1)N1Cc2cc(Br)cc(C(F)(F)F)c2C1=O. The molecule has 2 aliphatic rings. The average molecular weight is 348 g/mol. The van der Waals surface area contributed by atoms with Crippen molar-refractivity contribution >= 4 is 21.8 Å². The Labute approximate surface area is 123 Å². The van der Waals surface area contributed by atoms with Gasteiger partial charge in [0.25, 0.3) is 5.91 Å². The number of hydrogen-bond acceptors (Lipinski definition) is 1. The standard InChI is InChI=1S/C14H13BrF3NO/c1-7(8-2-3-8)19-6-9-4-10(15)5-11(14(16,17)18)12(9)13(19)20/h4-5,7-8H,2-3,6H2,1H3. The molecule has 0 bridgehead atoms. The predicted octanol–water partition coefficient (Wildman–Crippen LogP) is 4.22. The molecular weight excluding hydrogens is 335 g/mol. The first-order chi connectivity index (χ1) is 9.29. The minimum atomic E-state index is -4.51. The molecule has 1 aliphatic heterocycles. The van der Waals surface area contributed by atoms with Crippen LogP contribution in [-0.4, -0.2) is 16.8 Å². The Kier molecular flexibility index (Phi) is 3.12. The summed E-state index contributed by atoms with van der Waals surface area (Å²) in [7, 11) is 0. The number of rotatable bonds is 2.